The summed E-state index contributed by atoms with van der Waals surface area (Å²) in [5, 5.41) is 2.94. The first-order chi connectivity index (χ1) is 12.1. The van der Waals surface area contributed by atoms with Crippen LogP contribution in [-0.4, -0.2) is 23.4 Å². The van der Waals surface area contributed by atoms with Crippen LogP contribution >= 0.6 is 11.3 Å². The zero-order chi connectivity index (χ0) is 17.8. The average molecular weight is 358 g/mol. The third-order valence-electron chi connectivity index (χ3n) is 4.38. The Morgan fingerprint density at radius 2 is 2.04 bits per heavy atom. The lowest BCUT2D eigenvalue weighted by Gasteiger charge is -2.16. The molecule has 0 aliphatic carbocycles. The van der Waals surface area contributed by atoms with Crippen molar-refractivity contribution in [2.45, 2.75) is 39.7 Å². The van der Waals surface area contributed by atoms with E-state index in [0.717, 1.165) is 29.2 Å². The van der Waals surface area contributed by atoms with E-state index in [4.69, 9.17) is 4.74 Å². The van der Waals surface area contributed by atoms with Crippen molar-refractivity contribution in [1.82, 2.24) is 4.98 Å². The van der Waals surface area contributed by atoms with Crippen LogP contribution in [0.1, 0.15) is 36.5 Å². The van der Waals surface area contributed by atoms with E-state index in [0.29, 0.717) is 6.54 Å². The van der Waals surface area contributed by atoms with E-state index in [1.807, 2.05) is 36.6 Å². The molecule has 1 aromatic carbocycles. The van der Waals surface area contributed by atoms with Gasteiger partial charge in [-0.3, -0.25) is 9.59 Å². The van der Waals surface area contributed by atoms with Gasteiger partial charge < -0.3 is 9.64 Å². The molecule has 1 aromatic heterocycles. The second kappa shape index (κ2) is 7.78. The van der Waals surface area contributed by atoms with Gasteiger partial charge in [0.2, 0.25) is 5.91 Å². The second-order valence-electron chi connectivity index (χ2n) is 6.12. The molecular formula is C19H22N2O3S. The molecule has 2 aromatic rings. The van der Waals surface area contributed by atoms with Crippen LogP contribution in [0.2, 0.25) is 0 Å². The third-order valence-corrected chi connectivity index (χ3v) is 5.42. The maximum atomic E-state index is 12.3. The van der Waals surface area contributed by atoms with Gasteiger partial charge >= 0.3 is 5.97 Å². The molecule has 1 unspecified atom stereocenters. The molecule has 1 saturated heterocycles. The fourth-order valence-electron chi connectivity index (χ4n) is 2.87. The van der Waals surface area contributed by atoms with Crippen LogP contribution in [0, 0.1) is 5.92 Å². The molecular weight excluding hydrogens is 336 g/mol. The molecule has 132 valence electrons. The fraction of sp³-hybridized carbons (Fsp3) is 0.421. The number of rotatable bonds is 6. The van der Waals surface area contributed by atoms with Crippen molar-refractivity contribution in [3.8, 4) is 0 Å². The average Bonchev–Trinajstić information content (AvgIpc) is 3.26. The quantitative estimate of drug-likeness (QED) is 0.743. The Morgan fingerprint density at radius 3 is 2.68 bits per heavy atom. The zero-order valence-electron chi connectivity index (χ0n) is 14.5. The molecule has 2 heterocycles. The Morgan fingerprint density at radius 1 is 1.28 bits per heavy atom. The normalized spacial score (nSPS) is 17.1. The van der Waals surface area contributed by atoms with Crippen molar-refractivity contribution >= 4 is 28.9 Å². The zero-order valence-corrected chi connectivity index (χ0v) is 15.3. The number of carbonyl (C=O) groups is 2. The molecule has 1 atom stereocenters. The molecule has 6 heteroatoms. The van der Waals surface area contributed by atoms with Crippen LogP contribution in [0.25, 0.3) is 0 Å². The van der Waals surface area contributed by atoms with Gasteiger partial charge in [0.05, 0.1) is 16.6 Å². The van der Waals surface area contributed by atoms with E-state index in [1.54, 1.807) is 16.2 Å². The monoisotopic (exact) mass is 358 g/mol. The largest absolute Gasteiger partial charge is 0.459 e. The Bertz CT molecular complexity index is 754. The highest BCUT2D eigenvalue weighted by Gasteiger charge is 2.36. The maximum absolute atomic E-state index is 12.3. The number of nitrogens with zero attached hydrogens (tertiary/aromatic N) is 2. The summed E-state index contributed by atoms with van der Waals surface area (Å²) in [6, 6.07) is 7.90. The molecule has 0 N–H and O–H groups in total. The van der Waals surface area contributed by atoms with E-state index < -0.39 is 5.92 Å². The van der Waals surface area contributed by atoms with Gasteiger partial charge in [-0.1, -0.05) is 26.0 Å². The van der Waals surface area contributed by atoms with E-state index in [9.17, 15) is 9.59 Å². The highest BCUT2D eigenvalue weighted by atomic mass is 32.1. The Labute approximate surface area is 151 Å². The minimum Gasteiger partial charge on any atom is -0.459 e. The number of aryl methyl sites for hydroxylation is 2. The van der Waals surface area contributed by atoms with E-state index in [1.165, 1.54) is 5.56 Å². The van der Waals surface area contributed by atoms with Gasteiger partial charge in [0.1, 0.15) is 6.61 Å². The van der Waals surface area contributed by atoms with Gasteiger partial charge in [0, 0.05) is 24.0 Å². The number of benzene rings is 1. The standard InChI is InChI=1S/C19H22N2O3S/c1-3-13-5-7-16(8-6-13)21-10-14(9-18(21)22)19(23)24-11-15-12-25-17(4-2)20-15/h5-8,12,14H,3-4,9-11H2,1-2H3. The van der Waals surface area contributed by atoms with Gasteiger partial charge in [-0.25, -0.2) is 4.98 Å². The highest BCUT2D eigenvalue weighted by molar-refractivity contribution is 7.09. The van der Waals surface area contributed by atoms with Crippen molar-refractivity contribution in [2.75, 3.05) is 11.4 Å². The van der Waals surface area contributed by atoms with Gasteiger partial charge in [0.25, 0.3) is 0 Å². The van der Waals surface area contributed by atoms with Crippen LogP contribution in [-0.2, 0) is 33.8 Å². The molecule has 1 fully saturated rings. The van der Waals surface area contributed by atoms with Crippen LogP contribution in [0.5, 0.6) is 0 Å². The third kappa shape index (κ3) is 4.07. The van der Waals surface area contributed by atoms with E-state index in [-0.39, 0.29) is 24.9 Å². The van der Waals surface area contributed by atoms with Crippen molar-refractivity contribution in [2.24, 2.45) is 5.92 Å². The van der Waals surface area contributed by atoms with Crippen molar-refractivity contribution < 1.29 is 14.3 Å². The summed E-state index contributed by atoms with van der Waals surface area (Å²) in [4.78, 5) is 30.6. The SMILES string of the molecule is CCc1ccc(N2CC(C(=O)OCc3csc(CC)n3)CC2=O)cc1. The van der Waals surface area contributed by atoms with E-state index in [2.05, 4.69) is 11.9 Å². The number of aromatic nitrogens is 1. The highest BCUT2D eigenvalue weighted by Crippen LogP contribution is 2.26. The first-order valence-electron chi connectivity index (χ1n) is 8.60. The predicted octanol–water partition coefficient (Wildman–Crippen LogP) is 3.36. The summed E-state index contributed by atoms with van der Waals surface area (Å²) < 4.78 is 5.37. The molecule has 25 heavy (non-hydrogen) atoms. The minimum absolute atomic E-state index is 0.0341. The van der Waals surface area contributed by atoms with E-state index >= 15 is 0 Å². The number of amides is 1. The Hall–Kier alpha value is -2.21. The summed E-state index contributed by atoms with van der Waals surface area (Å²) in [5.74, 6) is -0.775. The molecule has 5 nitrogen and oxygen atoms in total. The lowest BCUT2D eigenvalue weighted by molar-refractivity contribution is -0.149. The Balaban J connectivity index is 1.58. The smallest absolute Gasteiger partial charge is 0.311 e. The molecule has 0 spiro atoms. The molecule has 3 rings (SSSR count). The van der Waals surface area contributed by atoms with Crippen molar-refractivity contribution in [1.29, 1.82) is 0 Å². The molecule has 1 amide bonds. The van der Waals surface area contributed by atoms with Crippen LogP contribution in [0.15, 0.2) is 29.6 Å². The number of hydrogen-bond donors (Lipinski definition) is 0. The van der Waals surface area contributed by atoms with Crippen molar-refractivity contribution in [3.05, 3.63) is 45.9 Å². The summed E-state index contributed by atoms with van der Waals surface area (Å²) in [6.45, 7) is 4.68. The number of hydrogen-bond acceptors (Lipinski definition) is 5. The first kappa shape index (κ1) is 17.6. The molecule has 1 aliphatic heterocycles. The molecule has 0 saturated carbocycles. The Kier molecular flexibility index (Phi) is 5.48. The predicted molar refractivity (Wildman–Crippen MR) is 97.6 cm³/mol. The van der Waals surface area contributed by atoms with Gasteiger partial charge in [-0.15, -0.1) is 11.3 Å². The summed E-state index contributed by atoms with van der Waals surface area (Å²) in [6.07, 6.45) is 2.03. The van der Waals surface area contributed by atoms with Gasteiger partial charge in [-0.2, -0.15) is 0 Å². The fourth-order valence-corrected chi connectivity index (χ4v) is 3.60. The van der Waals surface area contributed by atoms with Gasteiger partial charge in [-0.05, 0) is 30.5 Å². The second-order valence-corrected chi connectivity index (χ2v) is 7.06. The van der Waals surface area contributed by atoms with Crippen LogP contribution < -0.4 is 4.90 Å². The molecule has 1 aliphatic rings. The number of ether oxygens (including phenoxy) is 1. The summed E-state index contributed by atoms with van der Waals surface area (Å²) >= 11 is 1.57. The number of thiazole rings is 1. The van der Waals surface area contributed by atoms with Crippen LogP contribution in [0.3, 0.4) is 0 Å². The number of anilines is 1. The lowest BCUT2D eigenvalue weighted by Crippen LogP contribution is -2.26. The molecule has 0 radical (unpaired) electrons. The maximum Gasteiger partial charge on any atom is 0.311 e. The lowest BCUT2D eigenvalue weighted by atomic mass is 10.1. The van der Waals surface area contributed by atoms with Gasteiger partial charge in [0.15, 0.2) is 0 Å². The molecule has 0 bridgehead atoms. The minimum atomic E-state index is -0.414. The summed E-state index contributed by atoms with van der Waals surface area (Å²) in [5.41, 5.74) is 2.83. The van der Waals surface area contributed by atoms with Crippen LogP contribution in [0.4, 0.5) is 5.69 Å². The number of carbonyl (C=O) groups excluding carboxylic acids is 2. The van der Waals surface area contributed by atoms with Crippen molar-refractivity contribution in [3.63, 3.8) is 0 Å². The number of esters is 1. The first-order valence-corrected chi connectivity index (χ1v) is 9.47. The topological polar surface area (TPSA) is 59.5 Å². The summed E-state index contributed by atoms with van der Waals surface area (Å²) in [7, 11) is 0.